The Morgan fingerprint density at radius 2 is 2.31 bits per heavy atom. The van der Waals surface area contributed by atoms with Crippen LogP contribution >= 0.6 is 0 Å². The van der Waals surface area contributed by atoms with Gasteiger partial charge in [-0.05, 0) is 23.3 Å². The fraction of sp³-hybridized carbons (Fsp3) is 0.400. The zero-order valence-corrected chi connectivity index (χ0v) is 7.23. The average Bonchev–Trinajstić information content (AvgIpc) is 2.63. The fourth-order valence-corrected chi connectivity index (χ4v) is 1.52. The van der Waals surface area contributed by atoms with Crippen LogP contribution in [0, 0.1) is 0 Å². The van der Waals surface area contributed by atoms with E-state index in [0.29, 0.717) is 6.61 Å². The molecule has 70 valence electrons. The van der Waals surface area contributed by atoms with E-state index < -0.39 is 6.10 Å². The maximum Gasteiger partial charge on any atom is 0.122 e. The Morgan fingerprint density at radius 3 is 3.08 bits per heavy atom. The summed E-state index contributed by atoms with van der Waals surface area (Å²) in [4.78, 5) is 0. The Kier molecular flexibility index (Phi) is 2.20. The number of benzene rings is 1. The van der Waals surface area contributed by atoms with Gasteiger partial charge in [-0.25, -0.2) is 0 Å². The van der Waals surface area contributed by atoms with Crippen molar-refractivity contribution >= 4 is 0 Å². The Balaban J connectivity index is 2.30. The van der Waals surface area contributed by atoms with Crippen molar-refractivity contribution in [3.63, 3.8) is 0 Å². The number of hydrogen-bond acceptors (Lipinski definition) is 3. The first kappa shape index (κ1) is 8.53. The summed E-state index contributed by atoms with van der Waals surface area (Å²) in [6.45, 7) is 0.480. The second-order valence-electron chi connectivity index (χ2n) is 3.16. The lowest BCUT2D eigenvalue weighted by Crippen LogP contribution is -2.02. The smallest absolute Gasteiger partial charge is 0.122 e. The van der Waals surface area contributed by atoms with E-state index in [9.17, 15) is 5.11 Å². The summed E-state index contributed by atoms with van der Waals surface area (Å²) in [6, 6.07) is 5.52. The molecule has 0 fully saturated rings. The van der Waals surface area contributed by atoms with Gasteiger partial charge in [-0.1, -0.05) is 6.07 Å². The van der Waals surface area contributed by atoms with Crippen LogP contribution in [0.1, 0.15) is 17.2 Å². The molecule has 0 aromatic heterocycles. The van der Waals surface area contributed by atoms with E-state index in [2.05, 4.69) is 0 Å². The Labute approximate surface area is 76.6 Å². The van der Waals surface area contributed by atoms with Gasteiger partial charge in [0.2, 0.25) is 0 Å². The largest absolute Gasteiger partial charge is 0.493 e. The molecule has 1 aliphatic rings. The number of rotatable bonds is 2. The van der Waals surface area contributed by atoms with Crippen LogP contribution in [0.15, 0.2) is 18.2 Å². The van der Waals surface area contributed by atoms with Gasteiger partial charge in [-0.3, -0.25) is 0 Å². The molecule has 0 saturated heterocycles. The molecule has 1 atom stereocenters. The normalized spacial score (nSPS) is 16.5. The average molecular weight is 180 g/mol. The van der Waals surface area contributed by atoms with Gasteiger partial charge in [0.15, 0.2) is 0 Å². The van der Waals surface area contributed by atoms with Crippen LogP contribution in [-0.4, -0.2) is 23.4 Å². The predicted molar refractivity (Wildman–Crippen MR) is 47.7 cm³/mol. The summed E-state index contributed by atoms with van der Waals surface area (Å²) in [5, 5.41) is 18.1. The summed E-state index contributed by atoms with van der Waals surface area (Å²) in [6.07, 6.45) is 0.118. The van der Waals surface area contributed by atoms with Crippen molar-refractivity contribution in [2.45, 2.75) is 12.5 Å². The highest BCUT2D eigenvalue weighted by Crippen LogP contribution is 2.27. The van der Waals surface area contributed by atoms with E-state index >= 15 is 0 Å². The van der Waals surface area contributed by atoms with Gasteiger partial charge in [0.05, 0.1) is 13.2 Å². The number of aliphatic hydroxyl groups excluding tert-OH is 2. The molecule has 1 unspecified atom stereocenters. The van der Waals surface area contributed by atoms with Crippen molar-refractivity contribution in [3.05, 3.63) is 29.3 Å². The van der Waals surface area contributed by atoms with Crippen molar-refractivity contribution in [2.24, 2.45) is 0 Å². The highest BCUT2D eigenvalue weighted by atomic mass is 16.5. The molecule has 1 aromatic rings. The van der Waals surface area contributed by atoms with Crippen LogP contribution in [0.4, 0.5) is 0 Å². The van der Waals surface area contributed by atoms with Gasteiger partial charge in [-0.2, -0.15) is 0 Å². The van der Waals surface area contributed by atoms with Crippen LogP contribution in [0.5, 0.6) is 5.75 Å². The van der Waals surface area contributed by atoms with Crippen molar-refractivity contribution < 1.29 is 14.9 Å². The molecule has 2 N–H and O–H groups in total. The summed E-state index contributed by atoms with van der Waals surface area (Å²) >= 11 is 0. The van der Waals surface area contributed by atoms with Gasteiger partial charge >= 0.3 is 0 Å². The molecular formula is C10H12O3. The molecule has 0 saturated carbocycles. The summed E-state index contributed by atoms with van der Waals surface area (Å²) in [7, 11) is 0. The van der Waals surface area contributed by atoms with E-state index in [4.69, 9.17) is 9.84 Å². The van der Waals surface area contributed by atoms with Crippen molar-refractivity contribution in [1.29, 1.82) is 0 Å². The molecule has 13 heavy (non-hydrogen) atoms. The molecule has 3 heteroatoms. The van der Waals surface area contributed by atoms with E-state index in [1.807, 2.05) is 12.1 Å². The van der Waals surface area contributed by atoms with Gasteiger partial charge in [-0.15, -0.1) is 0 Å². The lowest BCUT2D eigenvalue weighted by molar-refractivity contribution is 0.0955. The molecule has 1 aromatic carbocycles. The Morgan fingerprint density at radius 1 is 1.46 bits per heavy atom. The topological polar surface area (TPSA) is 49.7 Å². The summed E-state index contributed by atoms with van der Waals surface area (Å²) < 4.78 is 5.32. The first-order chi connectivity index (χ1) is 6.31. The zero-order valence-electron chi connectivity index (χ0n) is 7.23. The lowest BCUT2D eigenvalue weighted by Gasteiger charge is -2.08. The molecule has 0 radical (unpaired) electrons. The molecule has 0 bridgehead atoms. The third-order valence-electron chi connectivity index (χ3n) is 2.27. The quantitative estimate of drug-likeness (QED) is 0.702. The summed E-state index contributed by atoms with van der Waals surface area (Å²) in [5.74, 6) is 0.897. The monoisotopic (exact) mass is 180 g/mol. The lowest BCUT2D eigenvalue weighted by atomic mass is 10.1. The van der Waals surface area contributed by atoms with Gasteiger partial charge in [0.1, 0.15) is 11.9 Å². The molecule has 0 spiro atoms. The van der Waals surface area contributed by atoms with Crippen molar-refractivity contribution in [3.8, 4) is 5.75 Å². The van der Waals surface area contributed by atoms with Gasteiger partial charge in [0.25, 0.3) is 0 Å². The van der Waals surface area contributed by atoms with E-state index in [1.165, 1.54) is 0 Å². The minimum Gasteiger partial charge on any atom is -0.493 e. The molecule has 0 amide bonds. The predicted octanol–water partition coefficient (Wildman–Crippen LogP) is 0.647. The van der Waals surface area contributed by atoms with Gasteiger partial charge < -0.3 is 14.9 Å². The molecule has 0 aliphatic carbocycles. The molecule has 1 heterocycles. The third kappa shape index (κ3) is 1.53. The van der Waals surface area contributed by atoms with Crippen molar-refractivity contribution in [2.75, 3.05) is 13.2 Å². The van der Waals surface area contributed by atoms with Crippen LogP contribution in [-0.2, 0) is 6.42 Å². The number of fused-ring (bicyclic) bond motifs is 1. The minimum atomic E-state index is -0.772. The number of ether oxygens (including phenoxy) is 1. The van der Waals surface area contributed by atoms with Crippen LogP contribution in [0.2, 0.25) is 0 Å². The maximum atomic E-state index is 9.37. The molecular weight excluding hydrogens is 168 g/mol. The van der Waals surface area contributed by atoms with Crippen LogP contribution in [0.25, 0.3) is 0 Å². The standard InChI is InChI=1S/C10H12O3/c11-6-9(12)7-1-2-10-8(5-7)3-4-13-10/h1-2,5,9,11-12H,3-4,6H2. The molecule has 3 nitrogen and oxygen atoms in total. The van der Waals surface area contributed by atoms with Crippen LogP contribution in [0.3, 0.4) is 0 Å². The van der Waals surface area contributed by atoms with Crippen LogP contribution < -0.4 is 4.74 Å². The highest BCUT2D eigenvalue weighted by Gasteiger charge is 2.14. The Hall–Kier alpha value is -1.06. The third-order valence-corrected chi connectivity index (χ3v) is 2.27. The van der Waals surface area contributed by atoms with E-state index in [0.717, 1.165) is 23.3 Å². The fourth-order valence-electron chi connectivity index (χ4n) is 1.52. The molecule has 2 rings (SSSR count). The van der Waals surface area contributed by atoms with E-state index in [1.54, 1.807) is 6.07 Å². The van der Waals surface area contributed by atoms with Crippen molar-refractivity contribution in [1.82, 2.24) is 0 Å². The molecule has 1 aliphatic heterocycles. The first-order valence-electron chi connectivity index (χ1n) is 4.36. The highest BCUT2D eigenvalue weighted by molar-refractivity contribution is 5.40. The summed E-state index contributed by atoms with van der Waals surface area (Å²) in [5.41, 5.74) is 1.87. The maximum absolute atomic E-state index is 9.37. The van der Waals surface area contributed by atoms with E-state index in [-0.39, 0.29) is 6.61 Å². The zero-order chi connectivity index (χ0) is 9.26. The Bertz CT molecular complexity index is 309. The second kappa shape index (κ2) is 3.36. The second-order valence-corrected chi connectivity index (χ2v) is 3.16. The first-order valence-corrected chi connectivity index (χ1v) is 4.36. The van der Waals surface area contributed by atoms with Gasteiger partial charge in [0, 0.05) is 6.42 Å². The SMILES string of the molecule is OCC(O)c1ccc2c(c1)CCO2. The minimum absolute atomic E-state index is 0.236. The number of aliphatic hydroxyl groups is 2. The number of hydrogen-bond donors (Lipinski definition) is 2.